The molecule has 0 bridgehead atoms. The molecule has 9 heteroatoms. The van der Waals surface area contributed by atoms with E-state index in [1.165, 1.54) is 12.1 Å². The first kappa shape index (κ1) is 58.8. The van der Waals surface area contributed by atoms with Gasteiger partial charge in [-0.3, -0.25) is 9.80 Å². The molecule has 0 aliphatic heterocycles. The van der Waals surface area contributed by atoms with Gasteiger partial charge in [0.15, 0.2) is 0 Å². The average molecular weight is 1020 g/mol. The van der Waals surface area contributed by atoms with Gasteiger partial charge in [0.1, 0.15) is 11.6 Å². The summed E-state index contributed by atoms with van der Waals surface area (Å²) < 4.78 is 30.3. The van der Waals surface area contributed by atoms with E-state index >= 15 is 8.78 Å². The number of benzene rings is 6. The number of nitrogens with zero attached hydrogens (tertiary/aromatic N) is 2. The molecule has 0 unspecified atom stereocenters. The van der Waals surface area contributed by atoms with Crippen molar-refractivity contribution in [3.8, 4) is 11.5 Å². The summed E-state index contributed by atoms with van der Waals surface area (Å²) in [5, 5.41) is 48.4. The first-order valence-electron chi connectivity index (χ1n) is 23.7. The van der Waals surface area contributed by atoms with Crippen molar-refractivity contribution in [1.82, 2.24) is 9.80 Å². The summed E-state index contributed by atoms with van der Waals surface area (Å²) >= 11 is 0. The zero-order chi connectivity index (χ0) is 50.5. The molecule has 0 N–H and O–H groups in total. The Balaban J connectivity index is 0.000000621. The zero-order valence-corrected chi connectivity index (χ0v) is 45.6. The van der Waals surface area contributed by atoms with Gasteiger partial charge in [0, 0.05) is 50.4 Å². The van der Waals surface area contributed by atoms with Gasteiger partial charge in [-0.25, -0.2) is 8.78 Å². The van der Waals surface area contributed by atoms with Gasteiger partial charge < -0.3 is 20.4 Å². The SMILES string of the molecule is CC(C)(C)c1cc(CN(CCN(Cc2ccccc2F)Cc2cc(C(C)(C)C)cc(C(C)(C)C)c2[O-])Cc2ccccc2F)c([O-])c(C(C)(C)C)c1.[O-]Cc1ccccc1.[O-]Cc1ccccc1.[Zr+4]. The predicted octanol–water partition coefficient (Wildman–Crippen LogP) is 11.1. The van der Waals surface area contributed by atoms with Crippen molar-refractivity contribution in [2.75, 3.05) is 13.1 Å². The molecule has 0 aromatic heterocycles. The maximum atomic E-state index is 15.2. The Labute approximate surface area is 432 Å². The van der Waals surface area contributed by atoms with Crippen LogP contribution in [0.1, 0.15) is 139 Å². The normalized spacial score (nSPS) is 11.9. The van der Waals surface area contributed by atoms with E-state index in [9.17, 15) is 20.4 Å². The fourth-order valence-electron chi connectivity index (χ4n) is 7.67. The van der Waals surface area contributed by atoms with Gasteiger partial charge in [-0.1, -0.05) is 216 Å². The van der Waals surface area contributed by atoms with Gasteiger partial charge in [-0.2, -0.15) is 0 Å². The minimum atomic E-state index is -0.358. The van der Waals surface area contributed by atoms with Crippen LogP contribution in [0.3, 0.4) is 0 Å². The third-order valence-electron chi connectivity index (χ3n) is 11.9. The van der Waals surface area contributed by atoms with E-state index in [0.29, 0.717) is 48.4 Å². The summed E-state index contributed by atoms with van der Waals surface area (Å²) in [4.78, 5) is 4.21. The van der Waals surface area contributed by atoms with Crippen LogP contribution in [0.4, 0.5) is 8.78 Å². The van der Waals surface area contributed by atoms with Crippen molar-refractivity contribution < 1.29 is 55.4 Å². The number of halogens is 2. The van der Waals surface area contributed by atoms with E-state index in [1.807, 2.05) is 97.1 Å². The molecule has 0 atom stereocenters. The molecule has 6 aromatic rings. The molecule has 0 amide bonds. The molecule has 0 heterocycles. The second-order valence-corrected chi connectivity index (χ2v) is 21.9. The van der Waals surface area contributed by atoms with Gasteiger partial charge in [0.25, 0.3) is 0 Å². The summed E-state index contributed by atoms with van der Waals surface area (Å²) in [7, 11) is 0. The molecule has 6 rings (SSSR count). The summed E-state index contributed by atoms with van der Waals surface area (Å²) in [6.45, 7) is 27.1. The Morgan fingerprint density at radius 1 is 0.391 bits per heavy atom. The van der Waals surface area contributed by atoms with E-state index in [0.717, 1.165) is 33.4 Å². The van der Waals surface area contributed by atoms with Crippen molar-refractivity contribution in [1.29, 1.82) is 0 Å². The van der Waals surface area contributed by atoms with Gasteiger partial charge in [0.2, 0.25) is 0 Å². The maximum Gasteiger partial charge on any atom is 4.00 e. The molecular formula is C60H74F2N2O4Zr. The molecule has 6 aromatic carbocycles. The summed E-state index contributed by atoms with van der Waals surface area (Å²) in [6.07, 6.45) is 0. The van der Waals surface area contributed by atoms with E-state index in [1.54, 1.807) is 24.3 Å². The summed E-state index contributed by atoms with van der Waals surface area (Å²) in [5.41, 5.74) is 6.72. The monoisotopic (exact) mass is 1010 g/mol. The standard InChI is InChI=1S/C46H62F2N2O2.2C7H7O.Zr/c1-43(2,3)35-23-33(41(51)37(25-35)45(7,8)9)29-49(27-31-17-13-15-19-39(31)47)21-22-50(28-32-18-14-16-20-40(32)48)30-34-24-36(44(4,5)6)26-38(42(34)52)46(10,11)12;2*8-6-7-4-2-1-3-5-7;/h13-20,23-26,51-52H,21-22,27-30H2,1-12H3;2*1-5H,6H2;/q;2*-1;+4/p-2. The molecule has 6 nitrogen and oxygen atoms in total. The Kier molecular flexibility index (Phi) is 22.2. The van der Waals surface area contributed by atoms with Crippen LogP contribution < -0.4 is 20.4 Å². The van der Waals surface area contributed by atoms with Crippen LogP contribution in [-0.2, 0) is 87.3 Å². The first-order valence-corrected chi connectivity index (χ1v) is 23.7. The van der Waals surface area contributed by atoms with E-state index in [4.69, 9.17) is 0 Å². The Morgan fingerprint density at radius 3 is 0.942 bits per heavy atom. The van der Waals surface area contributed by atoms with E-state index in [2.05, 4.69) is 92.9 Å². The Morgan fingerprint density at radius 2 is 0.681 bits per heavy atom. The molecule has 0 aliphatic rings. The van der Waals surface area contributed by atoms with Crippen LogP contribution in [0, 0.1) is 11.6 Å². The topological polar surface area (TPSA) is 98.7 Å². The van der Waals surface area contributed by atoms with Crippen molar-refractivity contribution in [3.05, 3.63) is 201 Å². The average Bonchev–Trinajstić information content (AvgIpc) is 3.27. The second kappa shape index (κ2) is 26.1. The first-order chi connectivity index (χ1) is 31.8. The molecule has 0 saturated carbocycles. The third-order valence-corrected chi connectivity index (χ3v) is 11.9. The summed E-state index contributed by atoms with van der Waals surface area (Å²) in [6, 6.07) is 40.2. The van der Waals surface area contributed by atoms with Gasteiger partial charge in [0.05, 0.1) is 0 Å². The number of rotatable bonds is 13. The molecular weight excluding hydrogens is 942 g/mol. The van der Waals surface area contributed by atoms with E-state index < -0.39 is 0 Å². The zero-order valence-electron chi connectivity index (χ0n) is 43.1. The third kappa shape index (κ3) is 18.3. The van der Waals surface area contributed by atoms with Crippen molar-refractivity contribution in [2.24, 2.45) is 0 Å². The quantitative estimate of drug-likeness (QED) is 0.114. The van der Waals surface area contributed by atoms with Crippen molar-refractivity contribution >= 4 is 0 Å². The molecule has 0 saturated heterocycles. The van der Waals surface area contributed by atoms with Crippen LogP contribution in [0.2, 0.25) is 0 Å². The van der Waals surface area contributed by atoms with Crippen LogP contribution in [-0.4, -0.2) is 22.9 Å². The minimum Gasteiger partial charge on any atom is -0.872 e. The molecule has 0 spiro atoms. The Bertz CT molecular complexity index is 2310. The van der Waals surface area contributed by atoms with Gasteiger partial charge in [-0.05, 0) is 67.2 Å². The molecule has 0 radical (unpaired) electrons. The number of hydrogen-bond acceptors (Lipinski definition) is 6. The molecule has 366 valence electrons. The molecule has 69 heavy (non-hydrogen) atoms. The van der Waals surface area contributed by atoms with Crippen LogP contribution in [0.15, 0.2) is 133 Å². The smallest absolute Gasteiger partial charge is 0.872 e. The maximum absolute atomic E-state index is 15.2. The molecule has 0 aliphatic carbocycles. The largest absolute Gasteiger partial charge is 4.00 e. The predicted molar refractivity (Wildman–Crippen MR) is 268 cm³/mol. The second-order valence-electron chi connectivity index (χ2n) is 21.9. The van der Waals surface area contributed by atoms with Crippen LogP contribution in [0.5, 0.6) is 11.5 Å². The summed E-state index contributed by atoms with van der Waals surface area (Å²) in [5.74, 6) is -0.595. The van der Waals surface area contributed by atoms with Crippen LogP contribution >= 0.6 is 0 Å². The fourth-order valence-corrected chi connectivity index (χ4v) is 7.67. The van der Waals surface area contributed by atoms with E-state index in [-0.39, 0.29) is 97.3 Å². The number of hydrogen-bond donors (Lipinski definition) is 0. The van der Waals surface area contributed by atoms with Crippen molar-refractivity contribution in [2.45, 2.75) is 144 Å². The van der Waals surface area contributed by atoms with Crippen LogP contribution in [0.25, 0.3) is 0 Å². The molecule has 0 fully saturated rings. The minimum absolute atomic E-state index is 0. The fraction of sp³-hybridized carbons (Fsp3) is 0.400. The van der Waals surface area contributed by atoms with Gasteiger partial charge in [-0.15, -0.1) is 24.7 Å². The Hall–Kier alpha value is -4.50. The van der Waals surface area contributed by atoms with Gasteiger partial charge >= 0.3 is 26.2 Å². The van der Waals surface area contributed by atoms with Crippen molar-refractivity contribution in [3.63, 3.8) is 0 Å².